The molecule has 0 aliphatic carbocycles. The van der Waals surface area contributed by atoms with Gasteiger partial charge in [0.25, 0.3) is 0 Å². The number of likely N-dealkylation sites (N-methyl/N-ethyl adjacent to an activating group) is 1. The number of para-hydroxylation sites is 2. The van der Waals surface area contributed by atoms with Crippen molar-refractivity contribution in [2.45, 2.75) is 12.8 Å². The van der Waals surface area contributed by atoms with Crippen molar-refractivity contribution in [1.29, 1.82) is 0 Å². The van der Waals surface area contributed by atoms with E-state index in [1.165, 1.54) is 5.56 Å². The summed E-state index contributed by atoms with van der Waals surface area (Å²) in [5, 5.41) is 6.71. The van der Waals surface area contributed by atoms with Gasteiger partial charge < -0.3 is 9.88 Å². The van der Waals surface area contributed by atoms with E-state index in [1.54, 1.807) is 4.90 Å². The van der Waals surface area contributed by atoms with E-state index in [2.05, 4.69) is 42.2 Å². The number of benzene rings is 4. The highest BCUT2D eigenvalue weighted by Crippen LogP contribution is 2.48. The summed E-state index contributed by atoms with van der Waals surface area (Å²) >= 11 is 6.26. The van der Waals surface area contributed by atoms with E-state index in [9.17, 15) is 4.79 Å². The van der Waals surface area contributed by atoms with Crippen LogP contribution in [-0.2, 0) is 4.79 Å². The molecule has 7 rings (SSSR count). The third kappa shape index (κ3) is 3.69. The summed E-state index contributed by atoms with van der Waals surface area (Å²) < 4.78 is 1.94. The number of aryl methyl sites for hydroxylation is 1. The standard InChI is InChI=1S/C33H25ClN4O/c1-20-12-14-21(15-13-20)30-28(27-25-10-6-7-11-26(25)37(2)33(27)39)29-31(22-16-18-23(34)19-17-22)36-38(32(29)35-30)24-8-4-3-5-9-24/h3-19,27,35H,1-2H3. The summed E-state index contributed by atoms with van der Waals surface area (Å²) in [6, 6.07) is 34.3. The Morgan fingerprint density at radius 2 is 1.49 bits per heavy atom. The number of halogens is 1. The van der Waals surface area contributed by atoms with Gasteiger partial charge in [-0.2, -0.15) is 5.10 Å². The van der Waals surface area contributed by atoms with E-state index in [1.807, 2.05) is 84.5 Å². The monoisotopic (exact) mass is 528 g/mol. The van der Waals surface area contributed by atoms with E-state index >= 15 is 0 Å². The third-order valence-electron chi connectivity index (χ3n) is 7.60. The molecule has 0 bridgehead atoms. The highest BCUT2D eigenvalue weighted by molar-refractivity contribution is 6.30. The lowest BCUT2D eigenvalue weighted by Crippen LogP contribution is -2.24. The second-order valence-corrected chi connectivity index (χ2v) is 10.4. The molecule has 1 amide bonds. The normalized spacial score (nSPS) is 14.8. The van der Waals surface area contributed by atoms with E-state index < -0.39 is 5.92 Å². The fraction of sp³-hybridized carbons (Fsp3) is 0.0909. The minimum absolute atomic E-state index is 0.0416. The van der Waals surface area contributed by atoms with Gasteiger partial charge >= 0.3 is 0 Å². The molecule has 0 fully saturated rings. The van der Waals surface area contributed by atoms with E-state index in [0.717, 1.165) is 56.0 Å². The number of aromatic nitrogens is 3. The van der Waals surface area contributed by atoms with Gasteiger partial charge in [0.05, 0.1) is 22.7 Å². The van der Waals surface area contributed by atoms with Crippen LogP contribution in [0.5, 0.6) is 0 Å². The van der Waals surface area contributed by atoms with Gasteiger partial charge in [-0.15, -0.1) is 0 Å². The first kappa shape index (κ1) is 23.5. The van der Waals surface area contributed by atoms with Gasteiger partial charge in [-0.25, -0.2) is 4.68 Å². The number of nitrogens with one attached hydrogen (secondary N) is 1. The Morgan fingerprint density at radius 3 is 2.23 bits per heavy atom. The van der Waals surface area contributed by atoms with Gasteiger partial charge in [-0.3, -0.25) is 4.79 Å². The molecular formula is C33H25ClN4O. The lowest BCUT2D eigenvalue weighted by molar-refractivity contribution is -0.118. The highest BCUT2D eigenvalue weighted by atomic mass is 35.5. The van der Waals surface area contributed by atoms with Crippen molar-refractivity contribution in [1.82, 2.24) is 14.8 Å². The first-order valence-electron chi connectivity index (χ1n) is 12.9. The molecule has 6 aromatic rings. The fourth-order valence-electron chi connectivity index (χ4n) is 5.66. The number of amides is 1. The maximum absolute atomic E-state index is 14.0. The molecule has 6 heteroatoms. The summed E-state index contributed by atoms with van der Waals surface area (Å²) in [6.07, 6.45) is 0. The average Bonchev–Trinajstić information content (AvgIpc) is 3.60. The Bertz CT molecular complexity index is 1850. The van der Waals surface area contributed by atoms with Crippen LogP contribution in [0.15, 0.2) is 103 Å². The SMILES string of the molecule is Cc1ccc(-c2[nH]c3c(c(-c4ccc(Cl)cc4)nn3-c3ccccc3)c2C2C(=O)N(C)c3ccccc32)cc1. The number of rotatable bonds is 4. The molecule has 1 N–H and O–H groups in total. The second-order valence-electron chi connectivity index (χ2n) is 10.00. The van der Waals surface area contributed by atoms with Crippen molar-refractivity contribution in [2.75, 3.05) is 11.9 Å². The van der Waals surface area contributed by atoms with Crippen molar-refractivity contribution in [3.63, 3.8) is 0 Å². The van der Waals surface area contributed by atoms with Crippen molar-refractivity contribution in [2.24, 2.45) is 0 Å². The molecule has 1 unspecified atom stereocenters. The zero-order valence-electron chi connectivity index (χ0n) is 21.5. The second kappa shape index (κ2) is 9.00. The third-order valence-corrected chi connectivity index (χ3v) is 7.85. The van der Waals surface area contributed by atoms with Gasteiger partial charge in [0.2, 0.25) is 5.91 Å². The number of nitrogens with zero attached hydrogens (tertiary/aromatic N) is 3. The molecule has 5 nitrogen and oxygen atoms in total. The lowest BCUT2D eigenvalue weighted by atomic mass is 9.88. The van der Waals surface area contributed by atoms with E-state index in [0.29, 0.717) is 5.02 Å². The van der Waals surface area contributed by atoms with Crippen molar-refractivity contribution in [3.05, 3.63) is 125 Å². The molecule has 0 saturated carbocycles. The van der Waals surface area contributed by atoms with Crippen LogP contribution in [0.1, 0.15) is 22.6 Å². The van der Waals surface area contributed by atoms with Crippen LogP contribution in [-0.4, -0.2) is 27.7 Å². The molecule has 1 aliphatic rings. The van der Waals surface area contributed by atoms with Gasteiger partial charge in [-0.05, 0) is 48.4 Å². The molecule has 0 radical (unpaired) electrons. The van der Waals surface area contributed by atoms with Crippen LogP contribution in [0.4, 0.5) is 5.69 Å². The minimum atomic E-state index is -0.476. The minimum Gasteiger partial charge on any atom is -0.339 e. The maximum Gasteiger partial charge on any atom is 0.238 e. The maximum atomic E-state index is 14.0. The predicted octanol–water partition coefficient (Wildman–Crippen LogP) is 7.76. The zero-order chi connectivity index (χ0) is 26.7. The Labute approximate surface area is 231 Å². The first-order valence-corrected chi connectivity index (χ1v) is 13.3. The van der Waals surface area contributed by atoms with Gasteiger partial charge in [0, 0.05) is 28.9 Å². The number of fused-ring (bicyclic) bond motifs is 2. The lowest BCUT2D eigenvalue weighted by Gasteiger charge is -2.14. The largest absolute Gasteiger partial charge is 0.339 e. The molecule has 1 aliphatic heterocycles. The van der Waals surface area contributed by atoms with Crippen molar-refractivity contribution < 1.29 is 4.79 Å². The van der Waals surface area contributed by atoms with Gasteiger partial charge in [-0.1, -0.05) is 90.0 Å². The molecule has 0 saturated heterocycles. The molecule has 2 aromatic heterocycles. The molecule has 1 atom stereocenters. The van der Waals surface area contributed by atoms with Crippen LogP contribution >= 0.6 is 11.6 Å². The van der Waals surface area contributed by atoms with Crippen LogP contribution in [0.2, 0.25) is 5.02 Å². The van der Waals surface area contributed by atoms with E-state index in [4.69, 9.17) is 16.7 Å². The molecule has 39 heavy (non-hydrogen) atoms. The smallest absolute Gasteiger partial charge is 0.238 e. The van der Waals surface area contributed by atoms with Crippen LogP contribution < -0.4 is 4.90 Å². The number of aromatic amines is 1. The Hall–Kier alpha value is -4.61. The first-order chi connectivity index (χ1) is 19.0. The molecule has 190 valence electrons. The van der Waals surface area contributed by atoms with Crippen LogP contribution in [0.25, 0.3) is 39.2 Å². The summed E-state index contributed by atoms with van der Waals surface area (Å²) in [7, 11) is 1.85. The topological polar surface area (TPSA) is 53.9 Å². The van der Waals surface area contributed by atoms with Crippen LogP contribution in [0.3, 0.4) is 0 Å². The Balaban J connectivity index is 1.61. The summed E-state index contributed by atoms with van der Waals surface area (Å²) in [6.45, 7) is 2.08. The van der Waals surface area contributed by atoms with Crippen molar-refractivity contribution in [3.8, 4) is 28.2 Å². The number of carbonyl (C=O) groups is 1. The fourth-order valence-corrected chi connectivity index (χ4v) is 5.79. The predicted molar refractivity (Wildman–Crippen MR) is 158 cm³/mol. The quantitative estimate of drug-likeness (QED) is 0.254. The van der Waals surface area contributed by atoms with E-state index in [-0.39, 0.29) is 5.91 Å². The number of anilines is 1. The Kier molecular flexibility index (Phi) is 5.42. The van der Waals surface area contributed by atoms with Crippen molar-refractivity contribution >= 4 is 34.2 Å². The molecule has 3 heterocycles. The molecule has 4 aromatic carbocycles. The molecule has 0 spiro atoms. The Morgan fingerprint density at radius 1 is 0.821 bits per heavy atom. The highest BCUT2D eigenvalue weighted by Gasteiger charge is 2.40. The molecular weight excluding hydrogens is 504 g/mol. The number of H-pyrrole nitrogens is 1. The summed E-state index contributed by atoms with van der Waals surface area (Å²) in [5.74, 6) is -0.435. The van der Waals surface area contributed by atoms with Gasteiger partial charge in [0.1, 0.15) is 11.3 Å². The van der Waals surface area contributed by atoms with Crippen LogP contribution in [0, 0.1) is 6.92 Å². The van der Waals surface area contributed by atoms with Gasteiger partial charge in [0.15, 0.2) is 0 Å². The summed E-state index contributed by atoms with van der Waals surface area (Å²) in [5.41, 5.74) is 9.49. The summed E-state index contributed by atoms with van der Waals surface area (Å²) in [4.78, 5) is 19.5. The number of carbonyl (C=O) groups excluding carboxylic acids is 1. The average molecular weight is 529 g/mol. The number of hydrogen-bond donors (Lipinski definition) is 1. The number of hydrogen-bond acceptors (Lipinski definition) is 2. The zero-order valence-corrected chi connectivity index (χ0v) is 22.3.